The molecule has 2 heterocycles. The molecule has 0 saturated heterocycles. The van der Waals surface area contributed by atoms with Gasteiger partial charge < -0.3 is 9.30 Å². The molecule has 3 aromatic rings. The molecule has 22 heavy (non-hydrogen) atoms. The molecular weight excluding hydrogens is 452 g/mol. The molecule has 4 rings (SSSR count). The first-order valence-corrected chi connectivity index (χ1v) is 7.17. The average molecular weight is 470 g/mol. The van der Waals surface area contributed by atoms with Gasteiger partial charge in [-0.2, -0.15) is 0 Å². The molecule has 1 aromatic heterocycles. The molecule has 0 fully saturated rings. The van der Waals surface area contributed by atoms with Crippen LogP contribution in [-0.2, 0) is 25.8 Å². The van der Waals surface area contributed by atoms with Crippen LogP contribution in [0.25, 0.3) is 22.4 Å². The second-order valence-electron chi connectivity index (χ2n) is 6.15. The molecule has 0 saturated carbocycles. The second-order valence-corrected chi connectivity index (χ2v) is 6.15. The molecule has 0 spiro atoms. The number of aromatic nitrogens is 2. The monoisotopic (exact) mass is 470 g/mol. The van der Waals surface area contributed by atoms with E-state index in [0.29, 0.717) is 0 Å². The van der Waals surface area contributed by atoms with Crippen molar-refractivity contribution >= 4 is 11.0 Å². The van der Waals surface area contributed by atoms with Gasteiger partial charge in [-0.15, -0.1) is 24.3 Å². The normalized spacial score (nSPS) is 14.7. The molecule has 0 bridgehead atoms. The Kier molecular flexibility index (Phi) is 3.42. The molecule has 1 aliphatic rings. The topological polar surface area (TPSA) is 27.1 Å². The first-order chi connectivity index (χ1) is 9.97. The maximum absolute atomic E-state index is 6.17. The van der Waals surface area contributed by atoms with Crippen LogP contribution in [0.1, 0.15) is 25.0 Å². The van der Waals surface area contributed by atoms with Gasteiger partial charge >= 0.3 is 0 Å². The van der Waals surface area contributed by atoms with Crippen LogP contribution in [0.4, 0.5) is 0 Å². The fourth-order valence-electron chi connectivity index (χ4n) is 3.04. The van der Waals surface area contributed by atoms with Crippen molar-refractivity contribution in [3.63, 3.8) is 0 Å². The van der Waals surface area contributed by atoms with Crippen LogP contribution in [0.2, 0.25) is 0 Å². The van der Waals surface area contributed by atoms with Crippen molar-refractivity contribution in [2.45, 2.75) is 33.4 Å². The van der Waals surface area contributed by atoms with E-state index in [-0.39, 0.29) is 20.1 Å². The zero-order valence-electron chi connectivity index (χ0n) is 13.0. The number of aryl methyl sites for hydroxylation is 2. The van der Waals surface area contributed by atoms with E-state index >= 15 is 0 Å². The largest absolute Gasteiger partial charge is 0.515 e. The third kappa shape index (κ3) is 2.02. The van der Waals surface area contributed by atoms with Gasteiger partial charge in [0.05, 0.1) is 16.9 Å². The minimum Gasteiger partial charge on any atom is -0.515 e. The molecule has 0 aliphatic carbocycles. The van der Waals surface area contributed by atoms with Gasteiger partial charge in [-0.05, 0) is 51.0 Å². The first-order valence-electron chi connectivity index (χ1n) is 7.17. The zero-order chi connectivity index (χ0) is 14.8. The van der Waals surface area contributed by atoms with Crippen molar-refractivity contribution in [3.8, 4) is 17.1 Å². The molecular formula is C18H17IrN2O-. The van der Waals surface area contributed by atoms with Crippen LogP contribution < -0.4 is 4.74 Å². The summed E-state index contributed by atoms with van der Waals surface area (Å²) in [6.07, 6.45) is 0. The van der Waals surface area contributed by atoms with Crippen LogP contribution in [0.15, 0.2) is 30.3 Å². The third-order valence-electron chi connectivity index (χ3n) is 4.21. The molecule has 115 valence electrons. The summed E-state index contributed by atoms with van der Waals surface area (Å²) in [6, 6.07) is 13.4. The Morgan fingerprint density at radius 1 is 1.18 bits per heavy atom. The van der Waals surface area contributed by atoms with Gasteiger partial charge in [0.2, 0.25) is 0 Å². The summed E-state index contributed by atoms with van der Waals surface area (Å²) in [5.74, 6) is 1.78. The van der Waals surface area contributed by atoms with Gasteiger partial charge in [0.1, 0.15) is 0 Å². The van der Waals surface area contributed by atoms with Gasteiger partial charge in [0, 0.05) is 25.9 Å². The summed E-state index contributed by atoms with van der Waals surface area (Å²) >= 11 is 0. The van der Waals surface area contributed by atoms with Crippen molar-refractivity contribution in [2.75, 3.05) is 0 Å². The van der Waals surface area contributed by atoms with E-state index in [9.17, 15) is 0 Å². The van der Waals surface area contributed by atoms with Crippen LogP contribution >= 0.6 is 0 Å². The SMILES string of the molecule is Cc1cc2nc3n(c2cc1C)C(C)(C)Oc1ccc[c-]c1-3.[Ir]. The minimum absolute atomic E-state index is 0. The van der Waals surface area contributed by atoms with E-state index in [2.05, 4.69) is 50.5 Å². The molecule has 3 nitrogen and oxygen atoms in total. The number of nitrogens with zero attached hydrogens (tertiary/aromatic N) is 2. The van der Waals surface area contributed by atoms with Crippen molar-refractivity contribution < 1.29 is 24.8 Å². The summed E-state index contributed by atoms with van der Waals surface area (Å²) in [7, 11) is 0. The molecule has 0 N–H and O–H groups in total. The van der Waals surface area contributed by atoms with Gasteiger partial charge in [-0.25, -0.2) is 0 Å². The first kappa shape index (κ1) is 15.3. The number of fused-ring (bicyclic) bond motifs is 5. The Hall–Kier alpha value is -1.64. The number of rotatable bonds is 0. The van der Waals surface area contributed by atoms with Crippen molar-refractivity contribution in [1.29, 1.82) is 0 Å². The summed E-state index contributed by atoms with van der Waals surface area (Å²) in [5, 5.41) is 0. The van der Waals surface area contributed by atoms with E-state index in [1.165, 1.54) is 11.1 Å². The Morgan fingerprint density at radius 3 is 2.68 bits per heavy atom. The molecule has 1 aliphatic heterocycles. The smallest absolute Gasteiger partial charge is 0.164 e. The molecule has 2 aromatic carbocycles. The Labute approximate surface area is 143 Å². The minimum atomic E-state index is -0.464. The molecule has 4 heteroatoms. The van der Waals surface area contributed by atoms with Crippen LogP contribution in [0.5, 0.6) is 5.75 Å². The average Bonchev–Trinajstić information content (AvgIpc) is 2.78. The fraction of sp³-hybridized carbons (Fsp3) is 0.278. The van der Waals surface area contributed by atoms with E-state index in [1.54, 1.807) is 0 Å². The van der Waals surface area contributed by atoms with Crippen molar-refractivity contribution in [1.82, 2.24) is 9.55 Å². The van der Waals surface area contributed by atoms with E-state index in [4.69, 9.17) is 9.72 Å². The summed E-state index contributed by atoms with van der Waals surface area (Å²) < 4.78 is 8.35. The third-order valence-corrected chi connectivity index (χ3v) is 4.21. The number of hydrogen-bond donors (Lipinski definition) is 0. The van der Waals surface area contributed by atoms with Crippen molar-refractivity contribution in [3.05, 3.63) is 47.5 Å². The fourth-order valence-corrected chi connectivity index (χ4v) is 3.04. The van der Waals surface area contributed by atoms with E-state index in [0.717, 1.165) is 28.2 Å². The second kappa shape index (κ2) is 4.94. The number of imidazole rings is 1. The summed E-state index contributed by atoms with van der Waals surface area (Å²) in [4.78, 5) is 4.84. The maximum Gasteiger partial charge on any atom is 0.164 e. The predicted molar refractivity (Wildman–Crippen MR) is 83.4 cm³/mol. The van der Waals surface area contributed by atoms with E-state index < -0.39 is 5.72 Å². The van der Waals surface area contributed by atoms with Gasteiger partial charge in [-0.3, -0.25) is 4.98 Å². The Balaban J connectivity index is 0.00000144. The zero-order valence-corrected chi connectivity index (χ0v) is 15.4. The number of hydrogen-bond acceptors (Lipinski definition) is 2. The van der Waals surface area contributed by atoms with Gasteiger partial charge in [-0.1, -0.05) is 5.56 Å². The quantitative estimate of drug-likeness (QED) is 0.462. The van der Waals surface area contributed by atoms with E-state index in [1.807, 2.05) is 18.2 Å². The predicted octanol–water partition coefficient (Wildman–Crippen LogP) is 4.20. The molecule has 0 atom stereocenters. The Bertz CT molecular complexity index is 880. The molecule has 0 amide bonds. The van der Waals surface area contributed by atoms with Gasteiger partial charge in [0.25, 0.3) is 0 Å². The van der Waals surface area contributed by atoms with Gasteiger partial charge in [0.15, 0.2) is 5.72 Å². The standard InChI is InChI=1S/C18H17N2O.Ir/c1-11-9-14-15(10-12(11)2)20-17(19-14)13-7-5-6-8-16(13)21-18(20,3)4;/h5-6,8-10H,1-4H3;/q-1;. The maximum atomic E-state index is 6.17. The van der Waals surface area contributed by atoms with Crippen LogP contribution in [-0.4, -0.2) is 9.55 Å². The number of ether oxygens (including phenoxy) is 1. The summed E-state index contributed by atoms with van der Waals surface area (Å²) in [5.41, 5.74) is 5.12. The molecule has 1 radical (unpaired) electrons. The van der Waals surface area contributed by atoms with Crippen molar-refractivity contribution in [2.24, 2.45) is 0 Å². The van der Waals surface area contributed by atoms with Crippen LogP contribution in [0.3, 0.4) is 0 Å². The molecule has 0 unspecified atom stereocenters. The van der Waals surface area contributed by atoms with Crippen LogP contribution in [0, 0.1) is 19.9 Å². The Morgan fingerprint density at radius 2 is 1.91 bits per heavy atom. The number of benzene rings is 2. The summed E-state index contributed by atoms with van der Waals surface area (Å²) in [6.45, 7) is 8.39.